The average Bonchev–Trinajstić information content (AvgIpc) is 2.47. The second-order valence-electron chi connectivity index (χ2n) is 5.18. The largest absolute Gasteiger partial charge is 0.340 e. The Morgan fingerprint density at radius 2 is 1.67 bits per heavy atom. The molecule has 0 aromatic heterocycles. The molecule has 0 spiro atoms. The van der Waals surface area contributed by atoms with E-state index in [2.05, 4.69) is 0 Å². The van der Waals surface area contributed by atoms with Gasteiger partial charge in [-0.25, -0.2) is 8.78 Å². The van der Waals surface area contributed by atoms with Crippen LogP contribution < -0.4 is 10.6 Å². The minimum Gasteiger partial charge on any atom is -0.340 e. The molecule has 112 valence electrons. The minimum atomic E-state index is -0.570. The van der Waals surface area contributed by atoms with E-state index in [0.717, 1.165) is 12.1 Å². The van der Waals surface area contributed by atoms with E-state index in [4.69, 9.17) is 5.73 Å². The summed E-state index contributed by atoms with van der Waals surface area (Å²) < 4.78 is 28.6. The Bertz CT molecular complexity index is 576. The van der Waals surface area contributed by atoms with Gasteiger partial charge >= 0.3 is 0 Å². The number of nitrogens with two attached hydrogens (primary N) is 1. The van der Waals surface area contributed by atoms with Crippen molar-refractivity contribution in [1.82, 2.24) is 0 Å². The Morgan fingerprint density at radius 3 is 2.19 bits per heavy atom. The molecule has 0 aliphatic heterocycles. The topological polar surface area (TPSA) is 29.3 Å². The summed E-state index contributed by atoms with van der Waals surface area (Å²) in [5.74, 6) is -1.14. The first kappa shape index (κ1) is 15.4. The molecule has 2 nitrogen and oxygen atoms in total. The lowest BCUT2D eigenvalue weighted by Crippen LogP contribution is -2.22. The highest BCUT2D eigenvalue weighted by atomic mass is 19.1. The Balaban J connectivity index is 2.33. The molecule has 0 heterocycles. The molecule has 2 aromatic rings. The van der Waals surface area contributed by atoms with Crippen LogP contribution >= 0.6 is 0 Å². The molecule has 0 fully saturated rings. The molecule has 0 aliphatic carbocycles. The maximum atomic E-state index is 14.3. The third-order valence-corrected chi connectivity index (χ3v) is 3.58. The van der Waals surface area contributed by atoms with Gasteiger partial charge < -0.3 is 10.6 Å². The van der Waals surface area contributed by atoms with Gasteiger partial charge in [-0.1, -0.05) is 25.1 Å². The highest BCUT2D eigenvalue weighted by Crippen LogP contribution is 2.30. The summed E-state index contributed by atoms with van der Waals surface area (Å²) in [6, 6.07) is 11.8. The number of hydrogen-bond donors (Lipinski definition) is 1. The molecule has 0 saturated heterocycles. The van der Waals surface area contributed by atoms with E-state index in [0.29, 0.717) is 12.0 Å². The third-order valence-electron chi connectivity index (χ3n) is 3.58. The maximum Gasteiger partial charge on any atom is 0.150 e. The summed E-state index contributed by atoms with van der Waals surface area (Å²) in [5, 5.41) is 0. The number of benzene rings is 2. The third kappa shape index (κ3) is 3.58. The predicted molar refractivity (Wildman–Crippen MR) is 82.8 cm³/mol. The highest BCUT2D eigenvalue weighted by molar-refractivity contribution is 5.63. The van der Waals surface area contributed by atoms with E-state index < -0.39 is 11.6 Å². The van der Waals surface area contributed by atoms with Crippen LogP contribution in [-0.2, 0) is 6.42 Å². The number of anilines is 2. The summed E-state index contributed by atoms with van der Waals surface area (Å²) in [4.78, 5) is 1.51. The molecule has 0 saturated carbocycles. The van der Waals surface area contributed by atoms with Crippen molar-refractivity contribution in [3.05, 3.63) is 59.7 Å². The molecule has 4 heteroatoms. The quantitative estimate of drug-likeness (QED) is 0.901. The first-order valence-electron chi connectivity index (χ1n) is 7.05. The van der Waals surface area contributed by atoms with E-state index in [9.17, 15) is 8.78 Å². The van der Waals surface area contributed by atoms with Crippen molar-refractivity contribution in [3.8, 4) is 0 Å². The SMILES string of the molecule is CCC(N)Cc1cc(F)c(N(C)c2ccccc2)c(F)c1. The fraction of sp³-hybridized carbons (Fsp3) is 0.294. The maximum absolute atomic E-state index is 14.3. The molecule has 0 radical (unpaired) electrons. The molecule has 0 aliphatic rings. The number of rotatable bonds is 5. The Kier molecular flexibility index (Phi) is 4.91. The van der Waals surface area contributed by atoms with Gasteiger partial charge in [0.25, 0.3) is 0 Å². The van der Waals surface area contributed by atoms with Crippen molar-refractivity contribution in [2.75, 3.05) is 11.9 Å². The van der Waals surface area contributed by atoms with Crippen LogP contribution in [0.5, 0.6) is 0 Å². The van der Waals surface area contributed by atoms with Crippen LogP contribution in [0, 0.1) is 11.6 Å². The smallest absolute Gasteiger partial charge is 0.150 e. The summed E-state index contributed by atoms with van der Waals surface area (Å²) >= 11 is 0. The van der Waals surface area contributed by atoms with Crippen molar-refractivity contribution in [2.45, 2.75) is 25.8 Å². The fourth-order valence-corrected chi connectivity index (χ4v) is 2.28. The predicted octanol–water partition coefficient (Wildman–Crippen LogP) is 4.01. The van der Waals surface area contributed by atoms with E-state index in [1.165, 1.54) is 17.0 Å². The van der Waals surface area contributed by atoms with E-state index in [1.54, 1.807) is 19.2 Å². The van der Waals surface area contributed by atoms with Gasteiger partial charge in [0, 0.05) is 18.8 Å². The molecule has 0 bridgehead atoms. The minimum absolute atomic E-state index is 0.0463. The average molecular weight is 290 g/mol. The van der Waals surface area contributed by atoms with E-state index >= 15 is 0 Å². The van der Waals surface area contributed by atoms with E-state index in [1.807, 2.05) is 25.1 Å². The van der Waals surface area contributed by atoms with Crippen molar-refractivity contribution in [2.24, 2.45) is 5.73 Å². The monoisotopic (exact) mass is 290 g/mol. The van der Waals surface area contributed by atoms with Gasteiger partial charge in [0.1, 0.15) is 17.3 Å². The van der Waals surface area contributed by atoms with Gasteiger partial charge in [-0.2, -0.15) is 0 Å². The van der Waals surface area contributed by atoms with Crippen molar-refractivity contribution < 1.29 is 8.78 Å². The Hall–Kier alpha value is -1.94. The standard InChI is InChI=1S/C17H20F2N2/c1-3-13(20)9-12-10-15(18)17(16(19)11-12)21(2)14-7-5-4-6-8-14/h4-8,10-11,13H,3,9,20H2,1-2H3. The second kappa shape index (κ2) is 6.68. The lowest BCUT2D eigenvalue weighted by molar-refractivity contribution is 0.574. The molecule has 1 unspecified atom stereocenters. The van der Waals surface area contributed by atoms with Crippen LogP contribution in [0.1, 0.15) is 18.9 Å². The van der Waals surface area contributed by atoms with Gasteiger partial charge in [0.15, 0.2) is 0 Å². The number of para-hydroxylation sites is 1. The molecule has 2 rings (SSSR count). The highest BCUT2D eigenvalue weighted by Gasteiger charge is 2.17. The van der Waals surface area contributed by atoms with Gasteiger partial charge in [0.2, 0.25) is 0 Å². The molecule has 21 heavy (non-hydrogen) atoms. The zero-order chi connectivity index (χ0) is 15.4. The zero-order valence-electron chi connectivity index (χ0n) is 12.3. The van der Waals surface area contributed by atoms with Crippen LogP contribution in [0.2, 0.25) is 0 Å². The number of halogens is 2. The van der Waals surface area contributed by atoms with Crippen LogP contribution in [-0.4, -0.2) is 13.1 Å². The van der Waals surface area contributed by atoms with Crippen LogP contribution in [0.3, 0.4) is 0 Å². The summed E-state index contributed by atoms with van der Waals surface area (Å²) in [6.45, 7) is 1.95. The molecule has 1 atom stereocenters. The number of hydrogen-bond acceptors (Lipinski definition) is 2. The normalized spacial score (nSPS) is 12.2. The van der Waals surface area contributed by atoms with Gasteiger partial charge in [-0.05, 0) is 42.7 Å². The zero-order valence-corrected chi connectivity index (χ0v) is 12.3. The van der Waals surface area contributed by atoms with Gasteiger partial charge in [-0.3, -0.25) is 0 Å². The first-order chi connectivity index (χ1) is 10.0. The van der Waals surface area contributed by atoms with Crippen molar-refractivity contribution in [1.29, 1.82) is 0 Å². The molecule has 0 amide bonds. The Morgan fingerprint density at radius 1 is 1.10 bits per heavy atom. The second-order valence-corrected chi connectivity index (χ2v) is 5.18. The number of nitrogens with zero attached hydrogens (tertiary/aromatic N) is 1. The first-order valence-corrected chi connectivity index (χ1v) is 7.05. The van der Waals surface area contributed by atoms with Crippen LogP contribution in [0.4, 0.5) is 20.2 Å². The Labute approximate surface area is 124 Å². The summed E-state index contributed by atoms with van der Waals surface area (Å²) in [7, 11) is 1.65. The van der Waals surface area contributed by atoms with Crippen molar-refractivity contribution >= 4 is 11.4 Å². The van der Waals surface area contributed by atoms with E-state index in [-0.39, 0.29) is 11.7 Å². The molecular weight excluding hydrogens is 270 g/mol. The van der Waals surface area contributed by atoms with Gasteiger partial charge in [0.05, 0.1) is 0 Å². The summed E-state index contributed by atoms with van der Waals surface area (Å²) in [5.41, 5.74) is 7.11. The molecule has 2 N–H and O–H groups in total. The summed E-state index contributed by atoms with van der Waals surface area (Å²) in [6.07, 6.45) is 1.24. The van der Waals surface area contributed by atoms with Crippen molar-refractivity contribution in [3.63, 3.8) is 0 Å². The van der Waals surface area contributed by atoms with Gasteiger partial charge in [-0.15, -0.1) is 0 Å². The van der Waals surface area contributed by atoms with Crippen LogP contribution in [0.15, 0.2) is 42.5 Å². The lowest BCUT2D eigenvalue weighted by atomic mass is 10.0. The molecule has 2 aromatic carbocycles. The fourth-order valence-electron chi connectivity index (χ4n) is 2.28. The molecular formula is C17H20F2N2. The van der Waals surface area contributed by atoms with Crippen LogP contribution in [0.25, 0.3) is 0 Å². The lowest BCUT2D eigenvalue weighted by Gasteiger charge is -2.21.